The molecule has 0 saturated heterocycles. The van der Waals surface area contributed by atoms with Crippen LogP contribution in [0.3, 0.4) is 0 Å². The summed E-state index contributed by atoms with van der Waals surface area (Å²) in [5, 5.41) is 13.4. The first-order chi connectivity index (χ1) is 11.1. The van der Waals surface area contributed by atoms with Crippen LogP contribution in [0.1, 0.15) is 16.1 Å². The molecule has 7 nitrogen and oxygen atoms in total. The maximum Gasteiger partial charge on any atom is 0.356 e. The van der Waals surface area contributed by atoms with Crippen LogP contribution in [0.15, 0.2) is 42.7 Å². The van der Waals surface area contributed by atoms with Crippen LogP contribution in [0, 0.1) is 6.92 Å². The fourth-order valence-electron chi connectivity index (χ4n) is 2.16. The van der Waals surface area contributed by atoms with E-state index in [1.54, 1.807) is 24.5 Å². The summed E-state index contributed by atoms with van der Waals surface area (Å²) in [5.74, 6) is -0.631. The number of pyridine rings is 2. The lowest BCUT2D eigenvalue weighted by Gasteiger charge is -2.07. The molecule has 3 rings (SSSR count). The van der Waals surface area contributed by atoms with E-state index >= 15 is 0 Å². The van der Waals surface area contributed by atoms with E-state index in [1.165, 1.54) is 17.9 Å². The Morgan fingerprint density at radius 1 is 1.22 bits per heavy atom. The van der Waals surface area contributed by atoms with Crippen molar-refractivity contribution in [2.45, 2.75) is 6.92 Å². The van der Waals surface area contributed by atoms with E-state index in [1.807, 2.05) is 19.1 Å². The van der Waals surface area contributed by atoms with Gasteiger partial charge in [0.25, 0.3) is 0 Å². The highest BCUT2D eigenvalue weighted by Gasteiger charge is 2.17. The van der Waals surface area contributed by atoms with Gasteiger partial charge < -0.3 is 9.84 Å². The molecule has 0 fully saturated rings. The third-order valence-electron chi connectivity index (χ3n) is 3.28. The highest BCUT2D eigenvalue weighted by Crippen LogP contribution is 2.23. The number of aromatic carboxylic acids is 1. The molecular weight excluding hydrogens is 296 g/mol. The number of carbonyl (C=O) groups is 1. The Balaban J connectivity index is 2.16. The van der Waals surface area contributed by atoms with Crippen molar-refractivity contribution < 1.29 is 14.6 Å². The summed E-state index contributed by atoms with van der Waals surface area (Å²) in [5.41, 5.74) is 2.81. The molecule has 23 heavy (non-hydrogen) atoms. The summed E-state index contributed by atoms with van der Waals surface area (Å²) < 4.78 is 6.54. The molecule has 0 aliphatic heterocycles. The van der Waals surface area contributed by atoms with Crippen molar-refractivity contribution in [3.05, 3.63) is 54.0 Å². The van der Waals surface area contributed by atoms with Gasteiger partial charge in [-0.15, -0.1) is 0 Å². The molecule has 0 spiro atoms. The maximum atomic E-state index is 11.3. The number of aromatic nitrogens is 4. The van der Waals surface area contributed by atoms with E-state index in [9.17, 15) is 9.90 Å². The van der Waals surface area contributed by atoms with E-state index in [0.717, 1.165) is 5.56 Å². The Bertz CT molecular complexity index is 856. The summed E-state index contributed by atoms with van der Waals surface area (Å²) in [4.78, 5) is 19.7. The SMILES string of the molecule is COc1ccc(-n2nc(C(=O)O)cc2-c2cc(C)ccn2)cn1. The van der Waals surface area contributed by atoms with Crippen molar-refractivity contribution in [1.29, 1.82) is 0 Å². The molecule has 0 bridgehead atoms. The highest BCUT2D eigenvalue weighted by molar-refractivity contribution is 5.87. The molecule has 0 unspecified atom stereocenters. The summed E-state index contributed by atoms with van der Waals surface area (Å²) in [6, 6.07) is 8.68. The van der Waals surface area contributed by atoms with E-state index in [0.29, 0.717) is 23.0 Å². The van der Waals surface area contributed by atoms with Gasteiger partial charge in [-0.25, -0.2) is 14.5 Å². The van der Waals surface area contributed by atoms with Crippen molar-refractivity contribution in [3.8, 4) is 23.0 Å². The van der Waals surface area contributed by atoms with Gasteiger partial charge in [-0.3, -0.25) is 4.98 Å². The highest BCUT2D eigenvalue weighted by atomic mass is 16.5. The lowest BCUT2D eigenvalue weighted by Crippen LogP contribution is -2.03. The molecule has 0 aliphatic carbocycles. The molecule has 0 saturated carbocycles. The van der Waals surface area contributed by atoms with Gasteiger partial charge in [0.05, 0.1) is 30.4 Å². The summed E-state index contributed by atoms with van der Waals surface area (Å²) in [6.45, 7) is 1.94. The first kappa shape index (κ1) is 14.7. The third kappa shape index (κ3) is 2.89. The first-order valence-electron chi connectivity index (χ1n) is 6.85. The second kappa shape index (κ2) is 5.88. The van der Waals surface area contributed by atoms with E-state index in [4.69, 9.17) is 4.74 Å². The predicted molar refractivity (Wildman–Crippen MR) is 82.8 cm³/mol. The molecule has 1 N–H and O–H groups in total. The van der Waals surface area contributed by atoms with Gasteiger partial charge in [0.1, 0.15) is 0 Å². The van der Waals surface area contributed by atoms with Gasteiger partial charge in [0.15, 0.2) is 5.69 Å². The van der Waals surface area contributed by atoms with E-state index < -0.39 is 5.97 Å². The van der Waals surface area contributed by atoms with Gasteiger partial charge in [0, 0.05) is 18.3 Å². The van der Waals surface area contributed by atoms with E-state index in [-0.39, 0.29) is 5.69 Å². The summed E-state index contributed by atoms with van der Waals surface area (Å²) in [7, 11) is 1.53. The molecule has 0 aromatic carbocycles. The van der Waals surface area contributed by atoms with Crippen LogP contribution in [0.4, 0.5) is 0 Å². The fourth-order valence-corrected chi connectivity index (χ4v) is 2.16. The van der Waals surface area contributed by atoms with Crippen molar-refractivity contribution >= 4 is 5.97 Å². The van der Waals surface area contributed by atoms with Crippen LogP contribution < -0.4 is 4.74 Å². The second-order valence-electron chi connectivity index (χ2n) is 4.91. The zero-order chi connectivity index (χ0) is 16.4. The van der Waals surface area contributed by atoms with Gasteiger partial charge >= 0.3 is 5.97 Å². The van der Waals surface area contributed by atoms with Crippen LogP contribution in [0.5, 0.6) is 5.88 Å². The largest absolute Gasteiger partial charge is 0.481 e. The summed E-state index contributed by atoms with van der Waals surface area (Å²) in [6.07, 6.45) is 3.24. The van der Waals surface area contributed by atoms with Gasteiger partial charge in [0.2, 0.25) is 5.88 Å². The molecule has 0 amide bonds. The molecule has 116 valence electrons. The van der Waals surface area contributed by atoms with Crippen molar-refractivity contribution in [1.82, 2.24) is 19.7 Å². The van der Waals surface area contributed by atoms with Crippen LogP contribution in [0.2, 0.25) is 0 Å². The molecule has 0 radical (unpaired) electrons. The Hall–Kier alpha value is -3.22. The van der Waals surface area contributed by atoms with Crippen LogP contribution in [0.25, 0.3) is 17.1 Å². The van der Waals surface area contributed by atoms with Gasteiger partial charge in [-0.1, -0.05) is 0 Å². The number of rotatable bonds is 4. The van der Waals surface area contributed by atoms with Gasteiger partial charge in [-0.05, 0) is 30.7 Å². The number of hydrogen-bond acceptors (Lipinski definition) is 5. The van der Waals surface area contributed by atoms with Crippen molar-refractivity contribution in [3.63, 3.8) is 0 Å². The minimum absolute atomic E-state index is 0.0564. The number of aryl methyl sites for hydroxylation is 1. The quantitative estimate of drug-likeness (QED) is 0.795. The van der Waals surface area contributed by atoms with E-state index in [2.05, 4.69) is 15.1 Å². The number of nitrogens with zero attached hydrogens (tertiary/aromatic N) is 4. The Labute approximate surface area is 132 Å². The first-order valence-corrected chi connectivity index (χ1v) is 6.85. The number of hydrogen-bond donors (Lipinski definition) is 1. The van der Waals surface area contributed by atoms with Crippen molar-refractivity contribution in [2.75, 3.05) is 7.11 Å². The smallest absolute Gasteiger partial charge is 0.356 e. The molecule has 0 atom stereocenters. The van der Waals surface area contributed by atoms with Crippen LogP contribution in [-0.4, -0.2) is 37.9 Å². The molecule has 3 heterocycles. The zero-order valence-electron chi connectivity index (χ0n) is 12.6. The topological polar surface area (TPSA) is 90.1 Å². The second-order valence-corrected chi connectivity index (χ2v) is 4.91. The minimum Gasteiger partial charge on any atom is -0.481 e. The molecule has 3 aromatic heterocycles. The average Bonchev–Trinajstić information content (AvgIpc) is 3.00. The minimum atomic E-state index is -1.10. The fraction of sp³-hybridized carbons (Fsp3) is 0.125. The normalized spacial score (nSPS) is 10.5. The van der Waals surface area contributed by atoms with Crippen molar-refractivity contribution in [2.24, 2.45) is 0 Å². The Kier molecular flexibility index (Phi) is 3.76. The average molecular weight is 310 g/mol. The standard InChI is InChI=1S/C16H14N4O3/c1-10-5-6-17-12(7-10)14-8-13(16(21)22)19-20(14)11-3-4-15(23-2)18-9-11/h3-9H,1-2H3,(H,21,22). The lowest BCUT2D eigenvalue weighted by atomic mass is 10.2. The number of ether oxygens (including phenoxy) is 1. The van der Waals surface area contributed by atoms with Gasteiger partial charge in [-0.2, -0.15) is 5.10 Å². The number of methoxy groups -OCH3 is 1. The number of carboxylic acid groups (broad SMARTS) is 1. The predicted octanol–water partition coefficient (Wildman–Crippen LogP) is 2.34. The molecule has 7 heteroatoms. The van der Waals surface area contributed by atoms with Crippen LogP contribution >= 0.6 is 0 Å². The molecule has 0 aliphatic rings. The molecule has 3 aromatic rings. The molecular formula is C16H14N4O3. The zero-order valence-corrected chi connectivity index (χ0v) is 12.6. The Morgan fingerprint density at radius 2 is 2.04 bits per heavy atom. The summed E-state index contributed by atoms with van der Waals surface area (Å²) >= 11 is 0. The lowest BCUT2D eigenvalue weighted by molar-refractivity contribution is 0.0690. The monoisotopic (exact) mass is 310 g/mol. The Morgan fingerprint density at radius 3 is 2.65 bits per heavy atom. The van der Waals surface area contributed by atoms with Crippen LogP contribution in [-0.2, 0) is 0 Å². The maximum absolute atomic E-state index is 11.3. The third-order valence-corrected chi connectivity index (χ3v) is 3.28. The number of carboxylic acids is 1.